The topological polar surface area (TPSA) is 75.0 Å². The number of benzene rings is 1. The number of ether oxygens (including phenoxy) is 1. The molecule has 100 valence electrons. The average molecular weight is 267 g/mol. The van der Waals surface area contributed by atoms with E-state index in [0.29, 0.717) is 12.2 Å². The number of carbonyl (C=O) groups is 1. The van der Waals surface area contributed by atoms with Crippen LogP contribution in [0.2, 0.25) is 0 Å². The summed E-state index contributed by atoms with van der Waals surface area (Å²) in [6, 6.07) is 14.7. The molecule has 0 fully saturated rings. The zero-order chi connectivity index (χ0) is 14.2. The van der Waals surface area contributed by atoms with Crippen molar-refractivity contribution in [1.29, 1.82) is 5.26 Å². The number of aromatic nitrogens is 1. The van der Waals surface area contributed by atoms with E-state index in [9.17, 15) is 4.79 Å². The van der Waals surface area contributed by atoms with E-state index < -0.39 is 6.09 Å². The zero-order valence-corrected chi connectivity index (χ0v) is 10.7. The van der Waals surface area contributed by atoms with E-state index in [0.717, 1.165) is 11.1 Å². The van der Waals surface area contributed by atoms with E-state index in [4.69, 9.17) is 10.00 Å². The van der Waals surface area contributed by atoms with Crippen LogP contribution in [0.1, 0.15) is 16.8 Å². The Morgan fingerprint density at radius 3 is 2.80 bits per heavy atom. The number of pyridine rings is 1. The van der Waals surface area contributed by atoms with Crippen LogP contribution in [0.5, 0.6) is 0 Å². The van der Waals surface area contributed by atoms with Gasteiger partial charge in [-0.25, -0.2) is 9.78 Å². The van der Waals surface area contributed by atoms with Gasteiger partial charge < -0.3 is 10.1 Å². The van der Waals surface area contributed by atoms with Crippen molar-refractivity contribution in [2.24, 2.45) is 0 Å². The van der Waals surface area contributed by atoms with Crippen molar-refractivity contribution in [3.05, 3.63) is 65.5 Å². The fraction of sp³-hybridized carbons (Fsp3) is 0.133. The summed E-state index contributed by atoms with van der Waals surface area (Å²) in [5, 5.41) is 11.3. The lowest BCUT2D eigenvalue weighted by molar-refractivity contribution is 0.139. The molecule has 0 atom stereocenters. The predicted octanol–water partition coefficient (Wildman–Crippen LogP) is 2.38. The van der Waals surface area contributed by atoms with Gasteiger partial charge in [0.25, 0.3) is 0 Å². The molecule has 2 aromatic rings. The molecule has 20 heavy (non-hydrogen) atoms. The molecule has 1 aromatic carbocycles. The Hall–Kier alpha value is -2.87. The first-order chi connectivity index (χ1) is 9.78. The highest BCUT2D eigenvalue weighted by molar-refractivity contribution is 5.67. The Labute approximate surface area is 116 Å². The molecule has 0 unspecified atom stereocenters. The first-order valence-corrected chi connectivity index (χ1v) is 6.07. The second-order valence-electron chi connectivity index (χ2n) is 4.08. The molecule has 0 saturated carbocycles. The smallest absolute Gasteiger partial charge is 0.407 e. The second kappa shape index (κ2) is 6.90. The molecular weight excluding hydrogens is 254 g/mol. The maximum atomic E-state index is 11.5. The van der Waals surface area contributed by atoms with Crippen molar-refractivity contribution in [2.45, 2.75) is 13.2 Å². The molecule has 0 aliphatic rings. The summed E-state index contributed by atoms with van der Waals surface area (Å²) in [5.41, 5.74) is 2.05. The highest BCUT2D eigenvalue weighted by Crippen LogP contribution is 2.02. The number of rotatable bonds is 4. The minimum Gasteiger partial charge on any atom is -0.445 e. The molecular formula is C15H13N3O2. The summed E-state index contributed by atoms with van der Waals surface area (Å²) in [4.78, 5) is 15.4. The Morgan fingerprint density at radius 2 is 2.05 bits per heavy atom. The lowest BCUT2D eigenvalue weighted by atomic mass is 10.2. The molecule has 5 heteroatoms. The molecule has 0 saturated heterocycles. The number of hydrogen-bond acceptors (Lipinski definition) is 4. The van der Waals surface area contributed by atoms with Gasteiger partial charge in [0.05, 0.1) is 0 Å². The maximum absolute atomic E-state index is 11.5. The Morgan fingerprint density at radius 1 is 1.25 bits per heavy atom. The highest BCUT2D eigenvalue weighted by Gasteiger charge is 2.03. The van der Waals surface area contributed by atoms with Gasteiger partial charge in [-0.2, -0.15) is 5.26 Å². The van der Waals surface area contributed by atoms with Gasteiger partial charge in [-0.05, 0) is 23.3 Å². The lowest BCUT2D eigenvalue weighted by Gasteiger charge is -2.07. The number of alkyl carbamates (subject to hydrolysis) is 1. The largest absolute Gasteiger partial charge is 0.445 e. The van der Waals surface area contributed by atoms with Crippen LogP contribution in [0.3, 0.4) is 0 Å². The molecule has 1 amide bonds. The Balaban J connectivity index is 1.79. The molecule has 0 spiro atoms. The SMILES string of the molecule is N#Cc1cc(CNC(=O)OCc2ccccc2)ccn1. The van der Waals surface area contributed by atoms with Crippen LogP contribution in [0.25, 0.3) is 0 Å². The van der Waals surface area contributed by atoms with Gasteiger partial charge in [0.1, 0.15) is 18.4 Å². The van der Waals surface area contributed by atoms with Crippen LogP contribution >= 0.6 is 0 Å². The summed E-state index contributed by atoms with van der Waals surface area (Å²) in [6.45, 7) is 0.525. The highest BCUT2D eigenvalue weighted by atomic mass is 16.5. The third-order valence-corrected chi connectivity index (χ3v) is 2.59. The summed E-state index contributed by atoms with van der Waals surface area (Å²) in [5.74, 6) is 0. The quantitative estimate of drug-likeness (QED) is 0.922. The first kappa shape index (κ1) is 13.6. The van der Waals surface area contributed by atoms with Crippen LogP contribution < -0.4 is 5.32 Å². The van der Waals surface area contributed by atoms with Crippen molar-refractivity contribution in [2.75, 3.05) is 0 Å². The second-order valence-corrected chi connectivity index (χ2v) is 4.08. The fourth-order valence-corrected chi connectivity index (χ4v) is 1.59. The van der Waals surface area contributed by atoms with E-state index in [1.807, 2.05) is 36.4 Å². The minimum absolute atomic E-state index is 0.229. The van der Waals surface area contributed by atoms with E-state index in [1.54, 1.807) is 12.1 Å². The van der Waals surface area contributed by atoms with Crippen molar-refractivity contribution in [1.82, 2.24) is 10.3 Å². The van der Waals surface area contributed by atoms with E-state index in [1.165, 1.54) is 6.20 Å². The van der Waals surface area contributed by atoms with Crippen molar-refractivity contribution < 1.29 is 9.53 Å². The fourth-order valence-electron chi connectivity index (χ4n) is 1.59. The molecule has 0 aliphatic heterocycles. The number of nitrogens with one attached hydrogen (secondary N) is 1. The molecule has 2 rings (SSSR count). The predicted molar refractivity (Wildman–Crippen MR) is 72.4 cm³/mol. The summed E-state index contributed by atoms with van der Waals surface area (Å²) in [6.07, 6.45) is 1.04. The van der Waals surface area contributed by atoms with Crippen LogP contribution in [-0.2, 0) is 17.9 Å². The number of carbonyl (C=O) groups excluding carboxylic acids is 1. The van der Waals surface area contributed by atoms with E-state index in [2.05, 4.69) is 10.3 Å². The average Bonchev–Trinajstić information content (AvgIpc) is 2.52. The van der Waals surface area contributed by atoms with Gasteiger partial charge in [-0.1, -0.05) is 30.3 Å². The molecule has 5 nitrogen and oxygen atoms in total. The van der Waals surface area contributed by atoms with Crippen molar-refractivity contribution in [3.63, 3.8) is 0 Å². The third-order valence-electron chi connectivity index (χ3n) is 2.59. The minimum atomic E-state index is -0.496. The van der Waals surface area contributed by atoms with Crippen LogP contribution in [-0.4, -0.2) is 11.1 Å². The summed E-state index contributed by atoms with van der Waals surface area (Å²) < 4.78 is 5.08. The molecule has 1 aromatic heterocycles. The van der Waals surface area contributed by atoms with Gasteiger partial charge >= 0.3 is 6.09 Å². The van der Waals surface area contributed by atoms with Crippen molar-refractivity contribution in [3.8, 4) is 6.07 Å². The number of hydrogen-bond donors (Lipinski definition) is 1. The van der Waals surface area contributed by atoms with Gasteiger partial charge in [-0.3, -0.25) is 0 Å². The molecule has 0 radical (unpaired) electrons. The van der Waals surface area contributed by atoms with Gasteiger partial charge in [0.15, 0.2) is 0 Å². The third kappa shape index (κ3) is 4.10. The monoisotopic (exact) mass is 267 g/mol. The van der Waals surface area contributed by atoms with Gasteiger partial charge in [0, 0.05) is 12.7 Å². The molecule has 1 heterocycles. The van der Waals surface area contributed by atoms with Crippen LogP contribution in [0, 0.1) is 11.3 Å². The van der Waals surface area contributed by atoms with Gasteiger partial charge in [0.2, 0.25) is 0 Å². The maximum Gasteiger partial charge on any atom is 0.407 e. The lowest BCUT2D eigenvalue weighted by Crippen LogP contribution is -2.23. The standard InChI is InChI=1S/C15H13N3O2/c16-9-14-8-13(6-7-17-14)10-18-15(19)20-11-12-4-2-1-3-5-12/h1-8H,10-11H2,(H,18,19). The van der Waals surface area contributed by atoms with E-state index >= 15 is 0 Å². The van der Waals surface area contributed by atoms with Crippen molar-refractivity contribution >= 4 is 6.09 Å². The summed E-state index contributed by atoms with van der Waals surface area (Å²) >= 11 is 0. The number of nitriles is 1. The number of nitrogens with zero attached hydrogens (tertiary/aromatic N) is 2. The van der Waals surface area contributed by atoms with Crippen LogP contribution in [0.4, 0.5) is 4.79 Å². The normalized spacial score (nSPS) is 9.55. The zero-order valence-electron chi connectivity index (χ0n) is 10.7. The number of amides is 1. The van der Waals surface area contributed by atoms with Crippen LogP contribution in [0.15, 0.2) is 48.7 Å². The van der Waals surface area contributed by atoms with E-state index in [-0.39, 0.29) is 6.61 Å². The summed E-state index contributed by atoms with van der Waals surface area (Å²) in [7, 11) is 0. The molecule has 0 bridgehead atoms. The Kier molecular flexibility index (Phi) is 4.68. The van der Waals surface area contributed by atoms with Gasteiger partial charge in [-0.15, -0.1) is 0 Å². The first-order valence-electron chi connectivity index (χ1n) is 6.07. The molecule has 1 N–H and O–H groups in total. The Bertz CT molecular complexity index is 621. The molecule has 0 aliphatic carbocycles.